The third-order valence-corrected chi connectivity index (χ3v) is 3.51. The summed E-state index contributed by atoms with van der Waals surface area (Å²) in [6.07, 6.45) is -0.131. The second kappa shape index (κ2) is 8.57. The van der Waals surface area contributed by atoms with Crippen molar-refractivity contribution in [3.63, 3.8) is 0 Å². The van der Waals surface area contributed by atoms with Crippen molar-refractivity contribution in [1.29, 1.82) is 0 Å². The lowest BCUT2D eigenvalue weighted by Gasteiger charge is -2.22. The second-order valence-corrected chi connectivity index (χ2v) is 6.01. The van der Waals surface area contributed by atoms with Crippen molar-refractivity contribution >= 4 is 23.2 Å². The summed E-state index contributed by atoms with van der Waals surface area (Å²) >= 11 is 0. The maximum atomic E-state index is 14.0. The molecule has 0 heterocycles. The van der Waals surface area contributed by atoms with Crippen LogP contribution in [0, 0.1) is 17.5 Å². The molecule has 0 fully saturated rings. The zero-order valence-corrected chi connectivity index (χ0v) is 15.1. The van der Waals surface area contributed by atoms with Crippen molar-refractivity contribution < 1.29 is 27.5 Å². The van der Waals surface area contributed by atoms with Crippen LogP contribution < -0.4 is 15.0 Å². The van der Waals surface area contributed by atoms with Gasteiger partial charge in [-0.15, -0.1) is 0 Å². The van der Waals surface area contributed by atoms with Gasteiger partial charge < -0.3 is 15.0 Å². The zero-order chi connectivity index (χ0) is 20.1. The van der Waals surface area contributed by atoms with Crippen molar-refractivity contribution in [1.82, 2.24) is 0 Å². The summed E-state index contributed by atoms with van der Waals surface area (Å²) in [5, 5.41) is 2.57. The third kappa shape index (κ3) is 4.99. The van der Waals surface area contributed by atoms with Crippen LogP contribution in [0.2, 0.25) is 0 Å². The zero-order valence-electron chi connectivity index (χ0n) is 15.1. The first-order valence-corrected chi connectivity index (χ1v) is 8.17. The van der Waals surface area contributed by atoms with Crippen molar-refractivity contribution in [3.05, 3.63) is 53.8 Å². The Morgan fingerprint density at radius 3 is 2.37 bits per heavy atom. The Hall–Kier alpha value is -3.03. The second-order valence-electron chi connectivity index (χ2n) is 6.01. The van der Waals surface area contributed by atoms with Gasteiger partial charge in [0.25, 0.3) is 0 Å². The van der Waals surface area contributed by atoms with Gasteiger partial charge in [0.05, 0.1) is 17.5 Å². The fraction of sp³-hybridized carbons (Fsp3) is 0.263. The first kappa shape index (κ1) is 20.3. The van der Waals surface area contributed by atoms with Gasteiger partial charge in [-0.05, 0) is 38.1 Å². The Bertz CT molecular complexity index is 856. The number of carbonyl (C=O) groups is 2. The molecule has 0 atom stereocenters. The van der Waals surface area contributed by atoms with Gasteiger partial charge in [0, 0.05) is 6.92 Å². The fourth-order valence-electron chi connectivity index (χ4n) is 2.35. The molecule has 0 aliphatic heterocycles. The summed E-state index contributed by atoms with van der Waals surface area (Å²) in [6.45, 7) is 4.14. The van der Waals surface area contributed by atoms with Crippen molar-refractivity contribution in [3.8, 4) is 5.75 Å². The summed E-state index contributed by atoms with van der Waals surface area (Å²) in [5.41, 5.74) is -0.159. The van der Waals surface area contributed by atoms with E-state index in [4.69, 9.17) is 4.74 Å². The van der Waals surface area contributed by atoms with E-state index < -0.39 is 41.5 Å². The van der Waals surface area contributed by atoms with E-state index in [1.54, 1.807) is 24.3 Å². The Morgan fingerprint density at radius 2 is 1.74 bits per heavy atom. The van der Waals surface area contributed by atoms with E-state index in [9.17, 15) is 22.8 Å². The van der Waals surface area contributed by atoms with Gasteiger partial charge in [0.15, 0.2) is 17.5 Å². The minimum absolute atomic E-state index is 0.131. The number of anilines is 2. The number of halogens is 3. The predicted molar refractivity (Wildman–Crippen MR) is 95.2 cm³/mol. The molecule has 0 aliphatic carbocycles. The smallest absolute Gasteiger partial charge is 0.244 e. The summed E-state index contributed by atoms with van der Waals surface area (Å²) < 4.78 is 46.2. The molecule has 0 spiro atoms. The Labute approximate surface area is 154 Å². The highest BCUT2D eigenvalue weighted by Crippen LogP contribution is 2.26. The number of para-hydroxylation sites is 2. The number of nitrogens with zero attached hydrogens (tertiary/aromatic N) is 1. The monoisotopic (exact) mass is 380 g/mol. The average Bonchev–Trinajstić information content (AvgIpc) is 2.59. The topological polar surface area (TPSA) is 58.6 Å². The summed E-state index contributed by atoms with van der Waals surface area (Å²) in [7, 11) is 0. The van der Waals surface area contributed by atoms with Crippen molar-refractivity contribution in [2.75, 3.05) is 16.8 Å². The van der Waals surface area contributed by atoms with Gasteiger partial charge in [-0.25, -0.2) is 13.2 Å². The van der Waals surface area contributed by atoms with Gasteiger partial charge in [-0.3, -0.25) is 9.59 Å². The molecule has 1 N–H and O–H groups in total. The summed E-state index contributed by atoms with van der Waals surface area (Å²) in [6, 6.07) is 8.26. The van der Waals surface area contributed by atoms with E-state index in [1.807, 2.05) is 13.8 Å². The largest absolute Gasteiger partial charge is 0.489 e. The van der Waals surface area contributed by atoms with Crippen LogP contribution in [0.3, 0.4) is 0 Å². The average molecular weight is 380 g/mol. The van der Waals surface area contributed by atoms with Gasteiger partial charge in [-0.1, -0.05) is 12.1 Å². The van der Waals surface area contributed by atoms with Crippen LogP contribution in [-0.2, 0) is 9.59 Å². The van der Waals surface area contributed by atoms with Gasteiger partial charge in [0.1, 0.15) is 12.3 Å². The van der Waals surface area contributed by atoms with Crippen molar-refractivity contribution in [2.45, 2.75) is 26.9 Å². The quantitative estimate of drug-likeness (QED) is 0.774. The van der Waals surface area contributed by atoms with E-state index in [-0.39, 0.29) is 6.10 Å². The van der Waals surface area contributed by atoms with Gasteiger partial charge in [-0.2, -0.15) is 0 Å². The Morgan fingerprint density at radius 1 is 1.07 bits per heavy atom. The highest BCUT2D eigenvalue weighted by atomic mass is 19.2. The lowest BCUT2D eigenvalue weighted by atomic mass is 10.2. The number of ether oxygens (including phenoxy) is 1. The van der Waals surface area contributed by atoms with E-state index in [2.05, 4.69) is 5.32 Å². The number of hydrogen-bond acceptors (Lipinski definition) is 3. The maximum Gasteiger partial charge on any atom is 0.244 e. The maximum absolute atomic E-state index is 14.0. The molecular formula is C19H19F3N2O3. The summed E-state index contributed by atoms with van der Waals surface area (Å²) in [5.74, 6) is -5.58. The van der Waals surface area contributed by atoms with E-state index >= 15 is 0 Å². The molecule has 0 aromatic heterocycles. The van der Waals surface area contributed by atoms with Crippen LogP contribution in [-0.4, -0.2) is 24.5 Å². The van der Waals surface area contributed by atoms with Crippen LogP contribution in [0.4, 0.5) is 24.5 Å². The summed E-state index contributed by atoms with van der Waals surface area (Å²) in [4.78, 5) is 24.9. The SMILES string of the molecule is CC(=O)N(CC(=O)Nc1ccccc1OC(C)C)c1ccc(F)c(F)c1F. The fourth-order valence-corrected chi connectivity index (χ4v) is 2.35. The van der Waals surface area contributed by atoms with Crippen LogP contribution in [0.1, 0.15) is 20.8 Å². The van der Waals surface area contributed by atoms with E-state index in [0.29, 0.717) is 17.5 Å². The number of hydrogen-bond donors (Lipinski definition) is 1. The molecular weight excluding hydrogens is 361 g/mol. The molecule has 2 rings (SSSR count). The molecule has 5 nitrogen and oxygen atoms in total. The number of nitrogens with one attached hydrogen (secondary N) is 1. The number of amides is 2. The number of benzene rings is 2. The molecule has 0 bridgehead atoms. The molecule has 2 amide bonds. The van der Waals surface area contributed by atoms with E-state index in [1.165, 1.54) is 0 Å². The first-order chi connectivity index (χ1) is 12.7. The van der Waals surface area contributed by atoms with Crippen LogP contribution in [0.15, 0.2) is 36.4 Å². The number of rotatable bonds is 6. The molecule has 0 aliphatic rings. The van der Waals surface area contributed by atoms with Gasteiger partial charge in [0.2, 0.25) is 11.8 Å². The molecule has 2 aromatic rings. The van der Waals surface area contributed by atoms with Crippen LogP contribution in [0.5, 0.6) is 5.75 Å². The molecule has 2 aromatic carbocycles. The molecule has 27 heavy (non-hydrogen) atoms. The lowest BCUT2D eigenvalue weighted by Crippen LogP contribution is -2.37. The molecule has 0 saturated heterocycles. The standard InChI is InChI=1S/C19H19F3N2O3/c1-11(2)27-16-7-5-4-6-14(16)23-17(26)10-24(12(3)25)15-9-8-13(20)18(21)19(15)22/h4-9,11H,10H2,1-3H3,(H,23,26). The lowest BCUT2D eigenvalue weighted by molar-refractivity contribution is -0.120. The van der Waals surface area contributed by atoms with Crippen molar-refractivity contribution in [2.24, 2.45) is 0 Å². The Balaban J connectivity index is 2.22. The third-order valence-electron chi connectivity index (χ3n) is 3.51. The molecule has 0 saturated carbocycles. The number of carbonyl (C=O) groups excluding carboxylic acids is 2. The minimum atomic E-state index is -1.71. The molecule has 0 radical (unpaired) electrons. The van der Waals surface area contributed by atoms with Crippen LogP contribution >= 0.6 is 0 Å². The predicted octanol–water partition coefficient (Wildman–Crippen LogP) is 3.88. The first-order valence-electron chi connectivity index (χ1n) is 8.17. The molecule has 0 unspecified atom stereocenters. The normalized spacial score (nSPS) is 10.6. The highest BCUT2D eigenvalue weighted by Gasteiger charge is 2.23. The highest BCUT2D eigenvalue weighted by molar-refractivity contribution is 6.02. The van der Waals surface area contributed by atoms with Gasteiger partial charge >= 0.3 is 0 Å². The van der Waals surface area contributed by atoms with E-state index in [0.717, 1.165) is 17.9 Å². The minimum Gasteiger partial charge on any atom is -0.489 e. The molecule has 144 valence electrons. The van der Waals surface area contributed by atoms with Crippen LogP contribution in [0.25, 0.3) is 0 Å². The molecule has 8 heteroatoms. The Kier molecular flexibility index (Phi) is 6.44.